The first-order valence-electron chi connectivity index (χ1n) is 5.97. The van der Waals surface area contributed by atoms with Gasteiger partial charge in [0.2, 0.25) is 5.88 Å². The molecule has 1 heterocycles. The molecule has 0 unspecified atom stereocenters. The molecule has 1 aromatic carbocycles. The van der Waals surface area contributed by atoms with E-state index in [0.29, 0.717) is 0 Å². The van der Waals surface area contributed by atoms with Crippen molar-refractivity contribution in [3.63, 3.8) is 0 Å². The Balaban J connectivity index is 2.15. The summed E-state index contributed by atoms with van der Waals surface area (Å²) in [4.78, 5) is 12.0. The van der Waals surface area contributed by atoms with Crippen molar-refractivity contribution in [3.8, 4) is 5.88 Å². The molecule has 110 valence electrons. The number of methoxy groups -OCH3 is 1. The standard InChI is InChI=1S/C14H11F3N2O2/c1-21-13-6-5-11(18-19-13)12(20)8-9-3-2-4-10(7-9)14(15,16)17/h2-7H,8H2,1H3. The van der Waals surface area contributed by atoms with Gasteiger partial charge in [0.1, 0.15) is 5.69 Å². The van der Waals surface area contributed by atoms with Crippen molar-refractivity contribution in [1.29, 1.82) is 0 Å². The molecule has 0 aliphatic carbocycles. The van der Waals surface area contributed by atoms with Crippen LogP contribution in [0, 0.1) is 0 Å². The summed E-state index contributed by atoms with van der Waals surface area (Å²) in [5, 5.41) is 7.31. The maximum atomic E-state index is 12.6. The van der Waals surface area contributed by atoms with Gasteiger partial charge in [0.15, 0.2) is 5.78 Å². The zero-order valence-electron chi connectivity index (χ0n) is 11.0. The van der Waals surface area contributed by atoms with Crippen LogP contribution in [0.3, 0.4) is 0 Å². The van der Waals surface area contributed by atoms with Gasteiger partial charge in [-0.05, 0) is 17.7 Å². The maximum Gasteiger partial charge on any atom is 0.416 e. The van der Waals surface area contributed by atoms with Crippen molar-refractivity contribution in [2.45, 2.75) is 12.6 Å². The van der Waals surface area contributed by atoms with Gasteiger partial charge in [-0.3, -0.25) is 4.79 Å². The average Bonchev–Trinajstić information content (AvgIpc) is 2.47. The summed E-state index contributed by atoms with van der Waals surface area (Å²) in [5.41, 5.74) is -0.436. The Hall–Kier alpha value is -2.44. The Morgan fingerprint density at radius 3 is 2.52 bits per heavy atom. The van der Waals surface area contributed by atoms with Crippen LogP contribution < -0.4 is 4.74 Å². The summed E-state index contributed by atoms with van der Waals surface area (Å²) in [6.45, 7) is 0. The lowest BCUT2D eigenvalue weighted by Crippen LogP contribution is -2.09. The van der Waals surface area contributed by atoms with Gasteiger partial charge >= 0.3 is 6.18 Å². The number of hydrogen-bond acceptors (Lipinski definition) is 4. The number of aromatic nitrogens is 2. The highest BCUT2D eigenvalue weighted by atomic mass is 19.4. The molecule has 0 spiro atoms. The number of carbonyl (C=O) groups excluding carboxylic acids is 1. The molecule has 0 bridgehead atoms. The smallest absolute Gasteiger partial charge is 0.416 e. The van der Waals surface area contributed by atoms with E-state index in [9.17, 15) is 18.0 Å². The minimum absolute atomic E-state index is 0.0770. The molecule has 0 aliphatic rings. The van der Waals surface area contributed by atoms with Crippen LogP contribution in [-0.2, 0) is 12.6 Å². The van der Waals surface area contributed by atoms with Crippen LogP contribution in [0.1, 0.15) is 21.6 Å². The lowest BCUT2D eigenvalue weighted by atomic mass is 10.0. The van der Waals surface area contributed by atoms with Crippen molar-refractivity contribution < 1.29 is 22.7 Å². The van der Waals surface area contributed by atoms with Gasteiger partial charge in [-0.25, -0.2) is 0 Å². The second kappa shape index (κ2) is 5.90. The highest BCUT2D eigenvalue weighted by molar-refractivity contribution is 5.95. The normalized spacial score (nSPS) is 11.2. The van der Waals surface area contributed by atoms with E-state index in [1.165, 1.54) is 31.4 Å². The number of nitrogens with zero attached hydrogens (tertiary/aromatic N) is 2. The van der Waals surface area contributed by atoms with E-state index in [4.69, 9.17) is 4.74 Å². The number of alkyl halides is 3. The second-order valence-corrected chi connectivity index (χ2v) is 4.26. The maximum absolute atomic E-state index is 12.6. The fraction of sp³-hybridized carbons (Fsp3) is 0.214. The van der Waals surface area contributed by atoms with E-state index < -0.39 is 17.5 Å². The zero-order chi connectivity index (χ0) is 15.5. The minimum Gasteiger partial charge on any atom is -0.480 e. The fourth-order valence-corrected chi connectivity index (χ4v) is 1.71. The zero-order valence-corrected chi connectivity index (χ0v) is 11.0. The second-order valence-electron chi connectivity index (χ2n) is 4.26. The number of ether oxygens (including phenoxy) is 1. The number of carbonyl (C=O) groups is 1. The van der Waals surface area contributed by atoms with Crippen molar-refractivity contribution >= 4 is 5.78 Å². The topological polar surface area (TPSA) is 52.1 Å². The number of Topliss-reactive ketones (excluding diaryl/α,β-unsaturated/α-hetero) is 1. The van der Waals surface area contributed by atoms with Gasteiger partial charge < -0.3 is 4.74 Å². The van der Waals surface area contributed by atoms with E-state index in [-0.39, 0.29) is 23.6 Å². The molecule has 0 N–H and O–H groups in total. The van der Waals surface area contributed by atoms with Crippen molar-refractivity contribution in [1.82, 2.24) is 10.2 Å². The minimum atomic E-state index is -4.43. The Kier molecular flexibility index (Phi) is 4.21. The number of hydrogen-bond donors (Lipinski definition) is 0. The summed E-state index contributed by atoms with van der Waals surface area (Å²) in [7, 11) is 1.41. The van der Waals surface area contributed by atoms with Crippen molar-refractivity contribution in [2.75, 3.05) is 7.11 Å². The summed E-state index contributed by atoms with van der Waals surface area (Å²) < 4.78 is 42.6. The number of halogens is 3. The molecule has 0 saturated carbocycles. The van der Waals surface area contributed by atoms with Crippen LogP contribution in [0.15, 0.2) is 36.4 Å². The third-order valence-corrected chi connectivity index (χ3v) is 2.75. The van der Waals surface area contributed by atoms with E-state index in [2.05, 4.69) is 10.2 Å². The molecule has 21 heavy (non-hydrogen) atoms. The van der Waals surface area contributed by atoms with Gasteiger partial charge in [0.05, 0.1) is 12.7 Å². The molecule has 0 radical (unpaired) electrons. The van der Waals surface area contributed by atoms with Crippen molar-refractivity contribution in [3.05, 3.63) is 53.2 Å². The predicted molar refractivity (Wildman–Crippen MR) is 68.1 cm³/mol. The third kappa shape index (κ3) is 3.77. The summed E-state index contributed by atoms with van der Waals surface area (Å²) in [6.07, 6.45) is -4.61. The molecule has 0 aliphatic heterocycles. The molecule has 4 nitrogen and oxygen atoms in total. The number of rotatable bonds is 4. The van der Waals surface area contributed by atoms with E-state index in [1.54, 1.807) is 0 Å². The first-order valence-corrected chi connectivity index (χ1v) is 5.97. The highest BCUT2D eigenvalue weighted by Gasteiger charge is 2.30. The van der Waals surface area contributed by atoms with Crippen LogP contribution in [0.2, 0.25) is 0 Å². The average molecular weight is 296 g/mol. The number of ketones is 1. The van der Waals surface area contributed by atoms with Gasteiger partial charge in [0, 0.05) is 12.5 Å². The van der Waals surface area contributed by atoms with Gasteiger partial charge in [-0.1, -0.05) is 18.2 Å². The Labute approximate surface area is 118 Å². The summed E-state index contributed by atoms with van der Waals surface area (Å²) in [5.74, 6) is -0.157. The Bertz CT molecular complexity index is 639. The lowest BCUT2D eigenvalue weighted by Gasteiger charge is -2.08. The van der Waals surface area contributed by atoms with Gasteiger partial charge in [0.25, 0.3) is 0 Å². The molecule has 0 saturated heterocycles. The molecular weight excluding hydrogens is 285 g/mol. The first-order chi connectivity index (χ1) is 9.90. The van der Waals surface area contributed by atoms with E-state index >= 15 is 0 Å². The molecule has 0 atom stereocenters. The molecular formula is C14H11F3N2O2. The SMILES string of the molecule is COc1ccc(C(=O)Cc2cccc(C(F)(F)F)c2)nn1. The third-order valence-electron chi connectivity index (χ3n) is 2.75. The summed E-state index contributed by atoms with van der Waals surface area (Å²) >= 11 is 0. The molecule has 1 aromatic heterocycles. The molecule has 0 fully saturated rings. The lowest BCUT2D eigenvalue weighted by molar-refractivity contribution is -0.137. The van der Waals surface area contributed by atoms with Gasteiger partial charge in [-0.15, -0.1) is 10.2 Å². The molecule has 2 rings (SSSR count). The first kappa shape index (κ1) is 15.0. The van der Waals surface area contributed by atoms with Crippen LogP contribution in [0.4, 0.5) is 13.2 Å². The molecule has 2 aromatic rings. The highest BCUT2D eigenvalue weighted by Crippen LogP contribution is 2.29. The monoisotopic (exact) mass is 296 g/mol. The fourth-order valence-electron chi connectivity index (χ4n) is 1.71. The number of benzene rings is 1. The Morgan fingerprint density at radius 2 is 1.95 bits per heavy atom. The summed E-state index contributed by atoms with van der Waals surface area (Å²) in [6, 6.07) is 7.53. The Morgan fingerprint density at radius 1 is 1.19 bits per heavy atom. The largest absolute Gasteiger partial charge is 0.480 e. The van der Waals surface area contributed by atoms with Crippen molar-refractivity contribution in [2.24, 2.45) is 0 Å². The molecule has 0 amide bonds. The van der Waals surface area contributed by atoms with E-state index in [0.717, 1.165) is 12.1 Å². The van der Waals surface area contributed by atoms with Gasteiger partial charge in [-0.2, -0.15) is 13.2 Å². The van der Waals surface area contributed by atoms with Crippen LogP contribution >= 0.6 is 0 Å². The van der Waals surface area contributed by atoms with Crippen LogP contribution in [0.5, 0.6) is 5.88 Å². The van der Waals surface area contributed by atoms with E-state index in [1.807, 2.05) is 0 Å². The van der Waals surface area contributed by atoms with Crippen LogP contribution in [0.25, 0.3) is 0 Å². The molecule has 7 heteroatoms. The van der Waals surface area contributed by atoms with Crippen LogP contribution in [-0.4, -0.2) is 23.1 Å². The predicted octanol–water partition coefficient (Wildman–Crippen LogP) is 2.93. The quantitative estimate of drug-likeness (QED) is 0.814.